The third kappa shape index (κ3) is 2.92. The summed E-state index contributed by atoms with van der Waals surface area (Å²) in [6, 6.07) is 3.36. The van der Waals surface area contributed by atoms with E-state index in [2.05, 4.69) is 4.74 Å². The minimum absolute atomic E-state index is 0.0421. The Bertz CT molecular complexity index is 407. The molecule has 0 heterocycles. The van der Waals surface area contributed by atoms with Gasteiger partial charge in [0, 0.05) is 11.6 Å². The molecule has 0 amide bonds. The van der Waals surface area contributed by atoms with Gasteiger partial charge in [-0.25, -0.2) is 9.18 Å². The number of aliphatic hydroxyl groups is 2. The van der Waals surface area contributed by atoms with Gasteiger partial charge in [-0.1, -0.05) is 0 Å². The summed E-state index contributed by atoms with van der Waals surface area (Å²) in [5, 5.41) is 19.2. The molecule has 0 spiro atoms. The highest BCUT2D eigenvalue weighted by Gasteiger charge is 2.28. The van der Waals surface area contributed by atoms with Crippen molar-refractivity contribution in [3.63, 3.8) is 0 Å². The van der Waals surface area contributed by atoms with Gasteiger partial charge in [0.15, 0.2) is 6.10 Å². The molecule has 0 fully saturated rings. The third-order valence-electron chi connectivity index (χ3n) is 2.26. The Morgan fingerprint density at radius 1 is 1.35 bits per heavy atom. The van der Waals surface area contributed by atoms with E-state index in [4.69, 9.17) is 4.74 Å². The fraction of sp³-hybridized carbons (Fsp3) is 0.364. The van der Waals surface area contributed by atoms with E-state index in [1.165, 1.54) is 13.2 Å². The van der Waals surface area contributed by atoms with Crippen molar-refractivity contribution in [2.24, 2.45) is 0 Å². The first-order valence-electron chi connectivity index (χ1n) is 4.78. The van der Waals surface area contributed by atoms with E-state index >= 15 is 0 Å². The molecular formula is C11H13FO5. The normalized spacial score (nSPS) is 13.9. The van der Waals surface area contributed by atoms with Crippen LogP contribution >= 0.6 is 0 Å². The molecule has 1 rings (SSSR count). The minimum atomic E-state index is -1.75. The van der Waals surface area contributed by atoms with Gasteiger partial charge in [-0.05, 0) is 12.1 Å². The molecule has 0 aliphatic carbocycles. The maximum Gasteiger partial charge on any atom is 0.337 e. The average molecular weight is 244 g/mol. The van der Waals surface area contributed by atoms with Crippen molar-refractivity contribution >= 4 is 5.97 Å². The van der Waals surface area contributed by atoms with Gasteiger partial charge < -0.3 is 19.7 Å². The Kier molecular flexibility index (Phi) is 4.42. The molecular weight excluding hydrogens is 231 g/mol. The largest absolute Gasteiger partial charge is 0.496 e. The highest BCUT2D eigenvalue weighted by molar-refractivity contribution is 5.75. The molecule has 0 bridgehead atoms. The van der Waals surface area contributed by atoms with Crippen LogP contribution in [-0.2, 0) is 9.53 Å². The Hall–Kier alpha value is -1.66. The van der Waals surface area contributed by atoms with E-state index in [1.54, 1.807) is 0 Å². The van der Waals surface area contributed by atoms with Crippen LogP contribution in [0, 0.1) is 5.82 Å². The van der Waals surface area contributed by atoms with E-state index in [9.17, 15) is 19.4 Å². The molecule has 2 atom stereocenters. The Labute approximate surface area is 97.4 Å². The lowest BCUT2D eigenvalue weighted by Crippen LogP contribution is -2.29. The van der Waals surface area contributed by atoms with E-state index in [0.29, 0.717) is 0 Å². The molecule has 0 aliphatic rings. The Morgan fingerprint density at radius 3 is 2.53 bits per heavy atom. The highest BCUT2D eigenvalue weighted by Crippen LogP contribution is 2.28. The molecule has 0 radical (unpaired) electrons. The topological polar surface area (TPSA) is 76.0 Å². The van der Waals surface area contributed by atoms with Crippen molar-refractivity contribution in [3.8, 4) is 5.75 Å². The second-order valence-corrected chi connectivity index (χ2v) is 3.30. The summed E-state index contributed by atoms with van der Waals surface area (Å²) in [7, 11) is 2.37. The maximum absolute atomic E-state index is 12.9. The predicted octanol–water partition coefficient (Wildman–Crippen LogP) is 0.402. The quantitative estimate of drug-likeness (QED) is 0.750. The molecule has 1 aromatic carbocycles. The van der Waals surface area contributed by atoms with E-state index in [-0.39, 0.29) is 11.3 Å². The van der Waals surface area contributed by atoms with Gasteiger partial charge in [-0.3, -0.25) is 0 Å². The summed E-state index contributed by atoms with van der Waals surface area (Å²) in [6.07, 6.45) is -3.29. The van der Waals surface area contributed by atoms with Crippen LogP contribution in [0.4, 0.5) is 4.39 Å². The summed E-state index contributed by atoms with van der Waals surface area (Å²) in [5.74, 6) is -1.49. The van der Waals surface area contributed by atoms with Crippen LogP contribution in [0.25, 0.3) is 0 Å². The smallest absolute Gasteiger partial charge is 0.337 e. The number of methoxy groups -OCH3 is 2. The number of esters is 1. The highest BCUT2D eigenvalue weighted by atomic mass is 19.1. The van der Waals surface area contributed by atoms with Crippen molar-refractivity contribution in [2.75, 3.05) is 14.2 Å². The van der Waals surface area contributed by atoms with Crippen molar-refractivity contribution < 1.29 is 28.9 Å². The lowest BCUT2D eigenvalue weighted by molar-refractivity contribution is -0.156. The SMILES string of the molecule is COC(=O)C(O)C(O)c1ccc(F)cc1OC. The first kappa shape index (κ1) is 13.4. The number of halogens is 1. The molecule has 94 valence electrons. The predicted molar refractivity (Wildman–Crippen MR) is 55.9 cm³/mol. The number of hydrogen-bond acceptors (Lipinski definition) is 5. The lowest BCUT2D eigenvalue weighted by Gasteiger charge is -2.18. The van der Waals surface area contributed by atoms with Gasteiger partial charge in [0.05, 0.1) is 14.2 Å². The standard InChI is InChI=1S/C11H13FO5/c1-16-8-5-6(12)3-4-7(8)9(13)10(14)11(15)17-2/h3-5,9-10,13-14H,1-2H3. The monoisotopic (exact) mass is 244 g/mol. The molecule has 17 heavy (non-hydrogen) atoms. The summed E-state index contributed by atoms with van der Waals surface area (Å²) < 4.78 is 22.0. The van der Waals surface area contributed by atoms with Gasteiger partial charge in [-0.15, -0.1) is 0 Å². The summed E-state index contributed by atoms with van der Waals surface area (Å²) in [4.78, 5) is 11.0. The summed E-state index contributed by atoms with van der Waals surface area (Å²) >= 11 is 0. The van der Waals surface area contributed by atoms with Crippen molar-refractivity contribution in [1.82, 2.24) is 0 Å². The number of benzene rings is 1. The fourth-order valence-electron chi connectivity index (χ4n) is 1.35. The molecule has 5 nitrogen and oxygen atoms in total. The van der Waals surface area contributed by atoms with E-state index in [1.807, 2.05) is 0 Å². The molecule has 0 saturated heterocycles. The first-order valence-corrected chi connectivity index (χ1v) is 4.78. The Morgan fingerprint density at radius 2 is 2.00 bits per heavy atom. The van der Waals surface area contributed by atoms with Crippen LogP contribution in [0.15, 0.2) is 18.2 Å². The van der Waals surface area contributed by atoms with E-state index in [0.717, 1.165) is 19.2 Å². The van der Waals surface area contributed by atoms with Crippen molar-refractivity contribution in [1.29, 1.82) is 0 Å². The average Bonchev–Trinajstić information content (AvgIpc) is 2.35. The minimum Gasteiger partial charge on any atom is -0.496 e. The second-order valence-electron chi connectivity index (χ2n) is 3.30. The van der Waals surface area contributed by atoms with Gasteiger partial charge in [0.25, 0.3) is 0 Å². The zero-order valence-electron chi connectivity index (χ0n) is 9.38. The zero-order chi connectivity index (χ0) is 13.0. The number of hydrogen-bond donors (Lipinski definition) is 2. The van der Waals surface area contributed by atoms with Crippen LogP contribution in [0.2, 0.25) is 0 Å². The van der Waals surface area contributed by atoms with Crippen molar-refractivity contribution in [2.45, 2.75) is 12.2 Å². The molecule has 2 unspecified atom stereocenters. The van der Waals surface area contributed by atoms with Crippen LogP contribution in [-0.4, -0.2) is 36.5 Å². The van der Waals surface area contributed by atoms with Crippen LogP contribution in [0.1, 0.15) is 11.7 Å². The molecule has 0 aliphatic heterocycles. The maximum atomic E-state index is 12.9. The lowest BCUT2D eigenvalue weighted by atomic mass is 10.0. The fourth-order valence-corrected chi connectivity index (χ4v) is 1.35. The van der Waals surface area contributed by atoms with Gasteiger partial charge in [-0.2, -0.15) is 0 Å². The molecule has 6 heteroatoms. The molecule has 1 aromatic rings. The van der Waals surface area contributed by atoms with Gasteiger partial charge >= 0.3 is 5.97 Å². The summed E-state index contributed by atoms with van der Waals surface area (Å²) in [6.45, 7) is 0. The van der Waals surface area contributed by atoms with E-state index < -0.39 is 24.0 Å². The first-order chi connectivity index (χ1) is 8.01. The van der Waals surface area contributed by atoms with Crippen LogP contribution in [0.5, 0.6) is 5.75 Å². The second kappa shape index (κ2) is 5.60. The summed E-state index contributed by atoms with van der Waals surface area (Å²) in [5.41, 5.74) is 0.104. The van der Waals surface area contributed by atoms with Crippen LogP contribution < -0.4 is 4.74 Å². The van der Waals surface area contributed by atoms with Gasteiger partial charge in [0.1, 0.15) is 17.7 Å². The van der Waals surface area contributed by atoms with Crippen LogP contribution in [0.3, 0.4) is 0 Å². The zero-order valence-corrected chi connectivity index (χ0v) is 9.38. The number of carbonyl (C=O) groups is 1. The number of aliphatic hydroxyl groups excluding tert-OH is 2. The number of rotatable bonds is 4. The molecule has 2 N–H and O–H groups in total. The molecule has 0 saturated carbocycles. The third-order valence-corrected chi connectivity index (χ3v) is 2.26. The number of ether oxygens (including phenoxy) is 2. The number of carbonyl (C=O) groups excluding carboxylic acids is 1. The Balaban J connectivity index is 3.03. The molecule has 0 aromatic heterocycles. The van der Waals surface area contributed by atoms with Gasteiger partial charge in [0.2, 0.25) is 0 Å². The van der Waals surface area contributed by atoms with Crippen molar-refractivity contribution in [3.05, 3.63) is 29.6 Å².